The van der Waals surface area contributed by atoms with Gasteiger partial charge in [-0.25, -0.2) is 13.8 Å². The molecular formula is C11H9Cl3N6O2S2. The van der Waals surface area contributed by atoms with Crippen LogP contribution < -0.4 is 10.1 Å². The SMILES string of the molecule is N=NNC(=N)Cc1ncc(Cl)cc1NS(=O)(=O)c1cc(Cl)c(Cl)s1. The van der Waals surface area contributed by atoms with Crippen molar-refractivity contribution in [1.29, 1.82) is 10.9 Å². The average molecular weight is 428 g/mol. The van der Waals surface area contributed by atoms with Crippen LogP contribution in [-0.4, -0.2) is 19.2 Å². The van der Waals surface area contributed by atoms with Gasteiger partial charge < -0.3 is 0 Å². The monoisotopic (exact) mass is 426 g/mol. The first-order valence-electron chi connectivity index (χ1n) is 6.05. The van der Waals surface area contributed by atoms with Crippen LogP contribution >= 0.6 is 46.1 Å². The summed E-state index contributed by atoms with van der Waals surface area (Å²) in [6.07, 6.45) is 1.24. The summed E-state index contributed by atoms with van der Waals surface area (Å²) in [6, 6.07) is 2.60. The number of amidine groups is 1. The summed E-state index contributed by atoms with van der Waals surface area (Å²) in [6.45, 7) is 0. The van der Waals surface area contributed by atoms with Crippen LogP contribution in [0.5, 0.6) is 0 Å². The van der Waals surface area contributed by atoms with E-state index in [1.54, 1.807) is 0 Å². The Morgan fingerprint density at radius 3 is 2.62 bits per heavy atom. The molecule has 0 unspecified atom stereocenters. The molecule has 0 aliphatic carbocycles. The van der Waals surface area contributed by atoms with Crippen molar-refractivity contribution in [2.45, 2.75) is 10.6 Å². The molecule has 0 saturated carbocycles. The lowest BCUT2D eigenvalue weighted by Crippen LogP contribution is -2.20. The van der Waals surface area contributed by atoms with Crippen LogP contribution in [0.2, 0.25) is 14.4 Å². The van der Waals surface area contributed by atoms with Gasteiger partial charge in [-0.05, 0) is 12.1 Å². The molecule has 2 rings (SSSR count). The van der Waals surface area contributed by atoms with E-state index < -0.39 is 10.0 Å². The number of sulfonamides is 1. The minimum Gasteiger partial charge on any atom is -0.287 e. The average Bonchev–Trinajstić information content (AvgIpc) is 2.82. The molecule has 0 atom stereocenters. The highest BCUT2D eigenvalue weighted by Crippen LogP contribution is 2.35. The van der Waals surface area contributed by atoms with Crippen LogP contribution in [0.25, 0.3) is 0 Å². The van der Waals surface area contributed by atoms with Crippen molar-refractivity contribution >= 4 is 67.7 Å². The van der Waals surface area contributed by atoms with E-state index in [0.717, 1.165) is 11.3 Å². The molecule has 0 aliphatic rings. The largest absolute Gasteiger partial charge is 0.287 e. The van der Waals surface area contributed by atoms with Gasteiger partial charge in [0.25, 0.3) is 10.0 Å². The predicted molar refractivity (Wildman–Crippen MR) is 94.1 cm³/mol. The maximum absolute atomic E-state index is 12.4. The highest BCUT2D eigenvalue weighted by molar-refractivity contribution is 7.94. The number of pyridine rings is 1. The number of hydrogen-bond donors (Lipinski definition) is 4. The molecule has 128 valence electrons. The molecule has 8 nitrogen and oxygen atoms in total. The van der Waals surface area contributed by atoms with E-state index in [2.05, 4.69) is 20.4 Å². The summed E-state index contributed by atoms with van der Waals surface area (Å²) in [4.78, 5) is 4.01. The minimum absolute atomic E-state index is 0.0715. The molecule has 4 N–H and O–H groups in total. The molecule has 0 radical (unpaired) electrons. The summed E-state index contributed by atoms with van der Waals surface area (Å²) in [7, 11) is -3.95. The fraction of sp³-hybridized carbons (Fsp3) is 0.0909. The summed E-state index contributed by atoms with van der Waals surface area (Å²) in [5, 5.41) is 10.8. The summed E-state index contributed by atoms with van der Waals surface area (Å²) >= 11 is 18.3. The number of rotatable bonds is 6. The third kappa shape index (κ3) is 4.54. The minimum atomic E-state index is -3.95. The Morgan fingerprint density at radius 1 is 1.33 bits per heavy atom. The van der Waals surface area contributed by atoms with Gasteiger partial charge in [-0.1, -0.05) is 40.0 Å². The van der Waals surface area contributed by atoms with E-state index in [1.807, 2.05) is 0 Å². The van der Waals surface area contributed by atoms with E-state index >= 15 is 0 Å². The Balaban J connectivity index is 2.35. The fourth-order valence-corrected chi connectivity index (χ4v) is 4.74. The highest BCUT2D eigenvalue weighted by Gasteiger charge is 2.21. The van der Waals surface area contributed by atoms with Crippen molar-refractivity contribution in [2.24, 2.45) is 5.22 Å². The van der Waals surface area contributed by atoms with E-state index in [9.17, 15) is 8.42 Å². The third-order valence-electron chi connectivity index (χ3n) is 2.60. The molecule has 13 heteroatoms. The number of halogens is 3. The van der Waals surface area contributed by atoms with E-state index in [4.69, 9.17) is 45.7 Å². The van der Waals surface area contributed by atoms with Crippen molar-refractivity contribution in [2.75, 3.05) is 4.72 Å². The Morgan fingerprint density at radius 2 is 2.04 bits per heavy atom. The zero-order valence-corrected chi connectivity index (χ0v) is 15.5. The van der Waals surface area contributed by atoms with Crippen LogP contribution in [0, 0.1) is 10.9 Å². The lowest BCUT2D eigenvalue weighted by Gasteiger charge is -2.11. The number of anilines is 1. The maximum Gasteiger partial charge on any atom is 0.271 e. The normalized spacial score (nSPS) is 11.1. The number of nitrogens with one attached hydrogen (secondary N) is 4. The standard InChI is InChI=1S/C11H9Cl3N6O2S2/c12-5-1-8(7(17-4-5)3-9(15)18-20-16)19-24(21,22)10-2-6(13)11(14)23-10/h1-2,4,19H,3H2,(H3,15,16,18). The maximum atomic E-state index is 12.4. The Hall–Kier alpha value is -1.46. The molecule has 0 bridgehead atoms. The first-order valence-corrected chi connectivity index (χ1v) is 9.48. The second kappa shape index (κ2) is 7.62. The molecule has 24 heavy (non-hydrogen) atoms. The van der Waals surface area contributed by atoms with Gasteiger partial charge in [-0.2, -0.15) is 5.53 Å². The van der Waals surface area contributed by atoms with Gasteiger partial charge in [0.05, 0.1) is 27.8 Å². The summed E-state index contributed by atoms with van der Waals surface area (Å²) in [5.74, 6) is -0.137. The smallest absolute Gasteiger partial charge is 0.271 e. The van der Waals surface area contributed by atoms with Gasteiger partial charge in [0.1, 0.15) is 14.4 Å². The molecule has 0 aromatic carbocycles. The van der Waals surface area contributed by atoms with Crippen molar-refractivity contribution in [3.8, 4) is 0 Å². The number of thiophene rings is 1. The van der Waals surface area contributed by atoms with Crippen LogP contribution in [0.3, 0.4) is 0 Å². The zero-order valence-electron chi connectivity index (χ0n) is 11.6. The van der Waals surface area contributed by atoms with Gasteiger partial charge in [-0.3, -0.25) is 15.1 Å². The second-order valence-electron chi connectivity index (χ2n) is 4.32. The topological polar surface area (TPSA) is 131 Å². The lowest BCUT2D eigenvalue weighted by molar-refractivity contribution is 0.603. The Kier molecular flexibility index (Phi) is 5.99. The lowest BCUT2D eigenvalue weighted by atomic mass is 10.2. The number of nitrogens with zero attached hydrogens (tertiary/aromatic N) is 2. The van der Waals surface area contributed by atoms with Gasteiger partial charge >= 0.3 is 0 Å². The van der Waals surface area contributed by atoms with Gasteiger partial charge in [0, 0.05) is 6.20 Å². The van der Waals surface area contributed by atoms with E-state index in [0.29, 0.717) is 0 Å². The molecule has 2 heterocycles. The molecule has 2 aromatic rings. The van der Waals surface area contributed by atoms with Crippen LogP contribution in [0.1, 0.15) is 5.69 Å². The van der Waals surface area contributed by atoms with Crippen LogP contribution in [-0.2, 0) is 16.4 Å². The highest BCUT2D eigenvalue weighted by atomic mass is 35.5. The third-order valence-corrected chi connectivity index (χ3v) is 6.51. The second-order valence-corrected chi connectivity index (χ2v) is 8.73. The molecule has 0 fully saturated rings. The quantitative estimate of drug-likeness (QED) is 0.240. The Labute approximate surface area is 156 Å². The summed E-state index contributed by atoms with van der Waals surface area (Å²) < 4.78 is 27.3. The Bertz CT molecular complexity index is 880. The van der Waals surface area contributed by atoms with E-state index in [-0.39, 0.29) is 42.2 Å². The van der Waals surface area contributed by atoms with Crippen molar-refractivity contribution in [3.63, 3.8) is 0 Å². The molecule has 2 aromatic heterocycles. The van der Waals surface area contributed by atoms with Crippen molar-refractivity contribution < 1.29 is 8.42 Å². The predicted octanol–water partition coefficient (Wildman–Crippen LogP) is 3.96. The van der Waals surface area contributed by atoms with Gasteiger partial charge in [-0.15, -0.1) is 11.3 Å². The molecular weight excluding hydrogens is 419 g/mol. The van der Waals surface area contributed by atoms with E-state index in [1.165, 1.54) is 18.3 Å². The molecule has 0 aliphatic heterocycles. The van der Waals surface area contributed by atoms with Crippen LogP contribution in [0.4, 0.5) is 5.69 Å². The first kappa shape index (κ1) is 18.9. The zero-order chi connectivity index (χ0) is 17.9. The van der Waals surface area contributed by atoms with Gasteiger partial charge in [0.2, 0.25) is 0 Å². The molecule has 0 saturated heterocycles. The molecule has 0 spiro atoms. The first-order chi connectivity index (χ1) is 11.2. The number of aromatic nitrogens is 1. The van der Waals surface area contributed by atoms with Gasteiger partial charge in [0.15, 0.2) is 0 Å². The van der Waals surface area contributed by atoms with Crippen LogP contribution in [0.15, 0.2) is 27.8 Å². The molecule has 0 amide bonds. The summed E-state index contributed by atoms with van der Waals surface area (Å²) in [5.41, 5.74) is 9.13. The fourth-order valence-electron chi connectivity index (χ4n) is 1.63. The van der Waals surface area contributed by atoms with Crippen molar-refractivity contribution in [3.05, 3.63) is 38.4 Å². The number of hydrogen-bond acceptors (Lipinski definition) is 7. The van der Waals surface area contributed by atoms with Crippen molar-refractivity contribution in [1.82, 2.24) is 10.4 Å².